The molecule has 0 aromatic heterocycles. The van der Waals surface area contributed by atoms with Gasteiger partial charge in [0.25, 0.3) is 6.29 Å². The summed E-state index contributed by atoms with van der Waals surface area (Å²) in [5.74, 6) is -2.01. The van der Waals surface area contributed by atoms with E-state index in [-0.39, 0.29) is 32.2 Å². The second kappa shape index (κ2) is 53.5. The first-order chi connectivity index (χ1) is 35.1. The number of allylic oxidation sites excluding steroid dienone is 16. The average molecular weight is 1010 g/mol. The molecule has 0 aromatic carbocycles. The highest BCUT2D eigenvalue weighted by atomic mass is 16.7. The van der Waals surface area contributed by atoms with E-state index in [0.29, 0.717) is 17.4 Å². The molecule has 0 aliphatic carbocycles. The van der Waals surface area contributed by atoms with E-state index in [1.807, 2.05) is 21.1 Å². The van der Waals surface area contributed by atoms with Crippen LogP contribution < -0.4 is 0 Å². The van der Waals surface area contributed by atoms with Gasteiger partial charge in [0, 0.05) is 12.8 Å². The van der Waals surface area contributed by atoms with Crippen molar-refractivity contribution in [3.05, 3.63) is 97.2 Å². The summed E-state index contributed by atoms with van der Waals surface area (Å²) in [6, 6.07) is 0. The van der Waals surface area contributed by atoms with Gasteiger partial charge >= 0.3 is 17.9 Å². The van der Waals surface area contributed by atoms with Crippen LogP contribution in [-0.4, -0.2) is 87.4 Å². The fourth-order valence-electron chi connectivity index (χ4n) is 7.68. The molecular weight excluding hydrogens is 899 g/mol. The van der Waals surface area contributed by atoms with Crippen molar-refractivity contribution in [2.75, 3.05) is 47.5 Å². The Morgan fingerprint density at radius 2 is 0.792 bits per heavy atom. The summed E-state index contributed by atoms with van der Waals surface area (Å²) in [5.41, 5.74) is 0. The lowest BCUT2D eigenvalue weighted by Crippen LogP contribution is -2.40. The van der Waals surface area contributed by atoms with Crippen LogP contribution in [-0.2, 0) is 33.3 Å². The number of carbonyl (C=O) groups excluding carboxylic acids is 2. The predicted molar refractivity (Wildman–Crippen MR) is 304 cm³/mol. The van der Waals surface area contributed by atoms with Crippen LogP contribution in [0.15, 0.2) is 97.2 Å². The van der Waals surface area contributed by atoms with E-state index in [4.69, 9.17) is 18.9 Å². The van der Waals surface area contributed by atoms with Crippen molar-refractivity contribution in [3.8, 4) is 0 Å². The number of ether oxygens (including phenoxy) is 4. The van der Waals surface area contributed by atoms with E-state index in [1.165, 1.54) is 109 Å². The van der Waals surface area contributed by atoms with Crippen LogP contribution >= 0.6 is 0 Å². The lowest BCUT2D eigenvalue weighted by molar-refractivity contribution is -0.870. The molecule has 0 spiro atoms. The average Bonchev–Trinajstić information content (AvgIpc) is 3.35. The van der Waals surface area contributed by atoms with E-state index in [1.54, 1.807) is 0 Å². The Morgan fingerprint density at radius 1 is 0.431 bits per heavy atom. The zero-order valence-corrected chi connectivity index (χ0v) is 46.8. The predicted octanol–water partition coefficient (Wildman–Crippen LogP) is 17.0. The number of quaternary nitrogens is 1. The summed E-state index contributed by atoms with van der Waals surface area (Å²) in [5, 5.41) is 9.65. The highest BCUT2D eigenvalue weighted by Crippen LogP contribution is 2.16. The Balaban J connectivity index is 4.00. The number of esters is 2. The number of nitrogens with zero attached hydrogens (tertiary/aromatic N) is 1. The van der Waals surface area contributed by atoms with Gasteiger partial charge in [0.05, 0.1) is 34.4 Å². The van der Waals surface area contributed by atoms with Crippen LogP contribution in [0.3, 0.4) is 0 Å². The summed E-state index contributed by atoms with van der Waals surface area (Å²) >= 11 is 0. The van der Waals surface area contributed by atoms with Crippen LogP contribution in [0.5, 0.6) is 0 Å². The molecule has 0 bridgehead atoms. The number of rotatable bonds is 52. The zero-order chi connectivity index (χ0) is 52.7. The Morgan fingerprint density at radius 3 is 1.18 bits per heavy atom. The molecule has 9 nitrogen and oxygen atoms in total. The van der Waals surface area contributed by atoms with Crippen LogP contribution in [0.1, 0.15) is 226 Å². The molecule has 72 heavy (non-hydrogen) atoms. The quantitative estimate of drug-likeness (QED) is 0.0211. The molecule has 0 fully saturated rings. The fourth-order valence-corrected chi connectivity index (χ4v) is 7.68. The van der Waals surface area contributed by atoms with Crippen molar-refractivity contribution >= 4 is 17.9 Å². The molecular formula is C63H108NO8+. The van der Waals surface area contributed by atoms with E-state index >= 15 is 0 Å². The van der Waals surface area contributed by atoms with E-state index < -0.39 is 24.3 Å². The maximum absolute atomic E-state index is 12.8. The Kier molecular flexibility index (Phi) is 50.7. The van der Waals surface area contributed by atoms with Gasteiger partial charge in [0.15, 0.2) is 6.10 Å². The number of hydrogen-bond acceptors (Lipinski definition) is 7. The van der Waals surface area contributed by atoms with Crippen LogP contribution in [0.25, 0.3) is 0 Å². The Bertz CT molecular complexity index is 1500. The maximum Gasteiger partial charge on any atom is 0.361 e. The topological polar surface area (TPSA) is 108 Å². The number of hydrogen-bond donors (Lipinski definition) is 1. The van der Waals surface area contributed by atoms with Crippen molar-refractivity contribution < 1.29 is 42.9 Å². The number of unbranched alkanes of at least 4 members (excludes halogenated alkanes) is 21. The van der Waals surface area contributed by atoms with Crippen molar-refractivity contribution in [2.24, 2.45) is 0 Å². The van der Waals surface area contributed by atoms with Gasteiger partial charge in [0.1, 0.15) is 13.2 Å². The van der Waals surface area contributed by atoms with Crippen molar-refractivity contribution in [2.45, 2.75) is 238 Å². The molecule has 9 heteroatoms. The van der Waals surface area contributed by atoms with Gasteiger partial charge in [-0.3, -0.25) is 9.59 Å². The lowest BCUT2D eigenvalue weighted by atomic mass is 10.0. The highest BCUT2D eigenvalue weighted by molar-refractivity contribution is 5.71. The Labute approximate surface area is 442 Å². The minimum atomic E-state index is -1.51. The molecule has 0 aliphatic heterocycles. The fraction of sp³-hybridized carbons (Fsp3) is 0.698. The first kappa shape index (κ1) is 68.2. The number of carboxylic acids is 1. The van der Waals surface area contributed by atoms with Gasteiger partial charge in [0.2, 0.25) is 0 Å². The van der Waals surface area contributed by atoms with Gasteiger partial charge < -0.3 is 28.5 Å². The minimum Gasteiger partial charge on any atom is -0.477 e. The van der Waals surface area contributed by atoms with Gasteiger partial charge in [-0.15, -0.1) is 0 Å². The second-order valence-electron chi connectivity index (χ2n) is 20.2. The molecule has 0 heterocycles. The summed E-state index contributed by atoms with van der Waals surface area (Å²) in [4.78, 5) is 37.1. The van der Waals surface area contributed by atoms with Gasteiger partial charge in [-0.05, 0) is 77.0 Å². The summed E-state index contributed by atoms with van der Waals surface area (Å²) < 4.78 is 22.7. The molecule has 0 aliphatic rings. The third kappa shape index (κ3) is 54.0. The molecule has 0 saturated carbocycles. The first-order valence-corrected chi connectivity index (χ1v) is 28.9. The molecule has 2 unspecified atom stereocenters. The number of carbonyl (C=O) groups is 3. The maximum atomic E-state index is 12.8. The van der Waals surface area contributed by atoms with Crippen LogP contribution in [0.2, 0.25) is 0 Å². The third-order valence-electron chi connectivity index (χ3n) is 12.1. The van der Waals surface area contributed by atoms with Gasteiger partial charge in [-0.25, -0.2) is 4.79 Å². The Hall–Kier alpha value is -3.79. The molecule has 412 valence electrons. The molecule has 2 atom stereocenters. The molecule has 0 saturated heterocycles. The lowest BCUT2D eigenvalue weighted by Gasteiger charge is -2.25. The summed E-state index contributed by atoms with van der Waals surface area (Å²) in [7, 11) is 5.95. The van der Waals surface area contributed by atoms with Crippen LogP contribution in [0, 0.1) is 0 Å². The number of likely N-dealkylation sites (N-methyl/N-ethyl adjacent to an activating group) is 1. The molecule has 0 radical (unpaired) electrons. The molecule has 1 N–H and O–H groups in total. The van der Waals surface area contributed by atoms with E-state index in [0.717, 1.165) is 89.9 Å². The van der Waals surface area contributed by atoms with Gasteiger partial charge in [-0.2, -0.15) is 0 Å². The van der Waals surface area contributed by atoms with E-state index in [9.17, 15) is 19.5 Å². The number of carboxylic acid groups (broad SMARTS) is 1. The second-order valence-corrected chi connectivity index (χ2v) is 20.2. The minimum absolute atomic E-state index is 0.183. The smallest absolute Gasteiger partial charge is 0.361 e. The van der Waals surface area contributed by atoms with Crippen LogP contribution in [0.4, 0.5) is 0 Å². The van der Waals surface area contributed by atoms with Gasteiger partial charge in [-0.1, -0.05) is 233 Å². The monoisotopic (exact) mass is 1010 g/mol. The SMILES string of the molecule is CC/C=C\C/C=C\C/C=C\C/C=C\C/C=C\C/C=C\C/C=C\C/C=C\CCCCCCCCCCCCCCCCC(=O)OC(COC(=O)CCCCCCCCCC)COC(OCC[N+](C)(C)C)C(=O)O. The highest BCUT2D eigenvalue weighted by Gasteiger charge is 2.25. The standard InChI is InChI=1S/C63H107NO8/c1-6-8-10-12-14-16-17-18-19-20-21-22-23-24-25-26-27-28-29-30-31-32-33-34-35-36-37-38-39-40-41-42-43-44-45-46-48-50-52-54-61(66)72-59(58-71-63(62(67)68)69-56-55-64(3,4)5)57-70-60(65)53-51-49-47-15-13-11-9-7-2/h8,10,14,16,18-19,21-22,24-25,27-28,30-31,33-34,59,63H,6-7,9,11-13,15,17,20,23,26,29,32,35-58H2,1-5H3/p+1/b10-8-,16-14-,19-18-,22-21-,25-24-,28-27-,31-30-,34-33-. The normalized spacial score (nSPS) is 13.5. The molecule has 0 rings (SSSR count). The molecule has 0 amide bonds. The van der Waals surface area contributed by atoms with Crippen molar-refractivity contribution in [1.29, 1.82) is 0 Å². The largest absolute Gasteiger partial charge is 0.477 e. The molecule has 0 aromatic rings. The van der Waals surface area contributed by atoms with Crippen molar-refractivity contribution in [1.82, 2.24) is 0 Å². The summed E-state index contributed by atoms with van der Waals surface area (Å²) in [6.07, 6.45) is 69.5. The third-order valence-corrected chi connectivity index (χ3v) is 12.1. The number of aliphatic carboxylic acids is 1. The summed E-state index contributed by atoms with van der Waals surface area (Å²) in [6.45, 7) is 4.72. The van der Waals surface area contributed by atoms with Crippen molar-refractivity contribution in [3.63, 3.8) is 0 Å². The van der Waals surface area contributed by atoms with E-state index in [2.05, 4.69) is 111 Å². The first-order valence-electron chi connectivity index (χ1n) is 28.9. The zero-order valence-electron chi connectivity index (χ0n) is 46.8.